The van der Waals surface area contributed by atoms with Crippen LogP contribution in [-0.4, -0.2) is 36.3 Å². The molecule has 2 aliphatic heterocycles. The van der Waals surface area contributed by atoms with Crippen LogP contribution in [0.5, 0.6) is 0 Å². The molecule has 2 aliphatic rings. The van der Waals surface area contributed by atoms with Crippen molar-refractivity contribution in [2.75, 3.05) is 19.6 Å². The maximum atomic E-state index is 12.4. The minimum Gasteiger partial charge on any atom is -0.456 e. The van der Waals surface area contributed by atoms with Gasteiger partial charge in [-0.05, 0) is 44.7 Å². The Morgan fingerprint density at radius 2 is 2.15 bits per heavy atom. The van der Waals surface area contributed by atoms with Gasteiger partial charge in [0, 0.05) is 19.6 Å². The second-order valence-electron chi connectivity index (χ2n) is 5.84. The van der Waals surface area contributed by atoms with E-state index in [1.54, 1.807) is 12.1 Å². The second kappa shape index (κ2) is 4.96. The molecule has 1 aromatic rings. The number of hydrogen-bond acceptors (Lipinski definition) is 3. The number of amides is 2. The molecule has 0 aromatic carbocycles. The van der Waals surface area contributed by atoms with Crippen LogP contribution in [0, 0.1) is 12.3 Å². The van der Waals surface area contributed by atoms with Crippen molar-refractivity contribution in [3.63, 3.8) is 0 Å². The summed E-state index contributed by atoms with van der Waals surface area (Å²) in [4.78, 5) is 26.2. The number of carbonyl (C=O) groups is 2. The Balaban J connectivity index is 1.71. The Labute approximate surface area is 118 Å². The first kappa shape index (κ1) is 13.2. The minimum atomic E-state index is -0.242. The number of furan rings is 1. The van der Waals surface area contributed by atoms with Gasteiger partial charge in [0.1, 0.15) is 5.76 Å². The number of rotatable bonds is 1. The number of likely N-dealkylation sites (tertiary alicyclic amines) is 1. The largest absolute Gasteiger partial charge is 0.456 e. The summed E-state index contributed by atoms with van der Waals surface area (Å²) in [6, 6.07) is 3.53. The molecule has 0 bridgehead atoms. The maximum Gasteiger partial charge on any atom is 0.289 e. The lowest BCUT2D eigenvalue weighted by molar-refractivity contribution is -0.128. The van der Waals surface area contributed by atoms with E-state index in [-0.39, 0.29) is 17.2 Å². The third-order valence-corrected chi connectivity index (χ3v) is 4.55. The van der Waals surface area contributed by atoms with Crippen LogP contribution in [0.15, 0.2) is 16.5 Å². The van der Waals surface area contributed by atoms with Crippen LogP contribution in [0.2, 0.25) is 0 Å². The topological polar surface area (TPSA) is 62.6 Å². The van der Waals surface area contributed by atoms with Crippen molar-refractivity contribution >= 4 is 11.8 Å². The molecule has 20 heavy (non-hydrogen) atoms. The summed E-state index contributed by atoms with van der Waals surface area (Å²) in [7, 11) is 0. The van der Waals surface area contributed by atoms with Crippen molar-refractivity contribution in [3.8, 4) is 0 Å². The Kier molecular flexibility index (Phi) is 3.28. The van der Waals surface area contributed by atoms with E-state index in [4.69, 9.17) is 4.42 Å². The molecule has 0 saturated carbocycles. The molecule has 1 spiro atoms. The Hall–Kier alpha value is -1.78. The van der Waals surface area contributed by atoms with E-state index >= 15 is 0 Å². The van der Waals surface area contributed by atoms with Gasteiger partial charge in [-0.1, -0.05) is 0 Å². The first-order valence-electron chi connectivity index (χ1n) is 7.25. The molecule has 3 heterocycles. The van der Waals surface area contributed by atoms with E-state index in [1.807, 2.05) is 11.8 Å². The lowest BCUT2D eigenvalue weighted by atomic mass is 9.79. The predicted octanol–water partition coefficient (Wildman–Crippen LogP) is 1.72. The maximum absolute atomic E-state index is 12.4. The molecule has 1 atom stereocenters. The SMILES string of the molecule is Cc1ccc(C(=O)N2CCC[C@]3(CCNC3=O)CC2)o1. The molecule has 5 heteroatoms. The zero-order valence-corrected chi connectivity index (χ0v) is 11.8. The van der Waals surface area contributed by atoms with Crippen molar-refractivity contribution < 1.29 is 14.0 Å². The summed E-state index contributed by atoms with van der Waals surface area (Å²) in [5.41, 5.74) is -0.242. The molecule has 1 N–H and O–H groups in total. The van der Waals surface area contributed by atoms with E-state index < -0.39 is 0 Å². The fourth-order valence-electron chi connectivity index (χ4n) is 3.30. The van der Waals surface area contributed by atoms with Gasteiger partial charge in [0.15, 0.2) is 5.76 Å². The van der Waals surface area contributed by atoms with E-state index in [0.29, 0.717) is 18.8 Å². The lowest BCUT2D eigenvalue weighted by Gasteiger charge is -2.24. The molecule has 2 saturated heterocycles. The quantitative estimate of drug-likeness (QED) is 0.849. The normalized spacial score (nSPS) is 26.6. The highest BCUT2D eigenvalue weighted by molar-refractivity contribution is 5.91. The van der Waals surface area contributed by atoms with Crippen molar-refractivity contribution in [1.29, 1.82) is 0 Å². The van der Waals surface area contributed by atoms with Crippen LogP contribution < -0.4 is 5.32 Å². The molecule has 108 valence electrons. The van der Waals surface area contributed by atoms with Crippen molar-refractivity contribution in [3.05, 3.63) is 23.7 Å². The molecule has 1 aromatic heterocycles. The summed E-state index contributed by atoms with van der Waals surface area (Å²) in [5, 5.41) is 2.93. The van der Waals surface area contributed by atoms with Gasteiger partial charge in [-0.25, -0.2) is 0 Å². The van der Waals surface area contributed by atoms with E-state index in [2.05, 4.69) is 5.32 Å². The summed E-state index contributed by atoms with van der Waals surface area (Å²) in [6.07, 6.45) is 3.40. The van der Waals surface area contributed by atoms with Gasteiger partial charge < -0.3 is 14.6 Å². The van der Waals surface area contributed by atoms with Gasteiger partial charge >= 0.3 is 0 Å². The van der Waals surface area contributed by atoms with Crippen molar-refractivity contribution in [1.82, 2.24) is 10.2 Å². The van der Waals surface area contributed by atoms with Crippen molar-refractivity contribution in [2.24, 2.45) is 5.41 Å². The van der Waals surface area contributed by atoms with Gasteiger partial charge in [-0.2, -0.15) is 0 Å². The van der Waals surface area contributed by atoms with Crippen LogP contribution in [0.4, 0.5) is 0 Å². The average Bonchev–Trinajstić information content (AvgIpc) is 2.93. The van der Waals surface area contributed by atoms with Gasteiger partial charge in [-0.3, -0.25) is 9.59 Å². The third kappa shape index (κ3) is 2.21. The molecule has 3 rings (SSSR count). The highest BCUT2D eigenvalue weighted by atomic mass is 16.3. The van der Waals surface area contributed by atoms with Crippen molar-refractivity contribution in [2.45, 2.75) is 32.6 Å². The number of nitrogens with one attached hydrogen (secondary N) is 1. The molecular formula is C15H20N2O3. The molecule has 0 radical (unpaired) electrons. The minimum absolute atomic E-state index is 0.0615. The zero-order chi connectivity index (χ0) is 14.2. The summed E-state index contributed by atoms with van der Waals surface area (Å²) < 4.78 is 5.41. The molecular weight excluding hydrogens is 256 g/mol. The first-order chi connectivity index (χ1) is 9.61. The van der Waals surface area contributed by atoms with E-state index in [0.717, 1.165) is 38.0 Å². The monoisotopic (exact) mass is 276 g/mol. The Morgan fingerprint density at radius 3 is 2.80 bits per heavy atom. The Bertz CT molecular complexity index is 537. The predicted molar refractivity (Wildman–Crippen MR) is 73.3 cm³/mol. The van der Waals surface area contributed by atoms with E-state index in [9.17, 15) is 9.59 Å². The highest BCUT2D eigenvalue weighted by Crippen LogP contribution is 2.38. The first-order valence-corrected chi connectivity index (χ1v) is 7.25. The van der Waals surface area contributed by atoms with Crippen LogP contribution in [0.1, 0.15) is 42.0 Å². The summed E-state index contributed by atoms with van der Waals surface area (Å²) >= 11 is 0. The second-order valence-corrected chi connectivity index (χ2v) is 5.84. The number of hydrogen-bond donors (Lipinski definition) is 1. The van der Waals surface area contributed by atoms with Crippen LogP contribution in [-0.2, 0) is 4.79 Å². The summed E-state index contributed by atoms with van der Waals surface area (Å²) in [6.45, 7) is 3.93. The van der Waals surface area contributed by atoms with Crippen LogP contribution in [0.3, 0.4) is 0 Å². The van der Waals surface area contributed by atoms with Crippen LogP contribution >= 0.6 is 0 Å². The average molecular weight is 276 g/mol. The van der Waals surface area contributed by atoms with Gasteiger partial charge in [0.05, 0.1) is 5.41 Å². The van der Waals surface area contributed by atoms with Gasteiger partial charge in [0.25, 0.3) is 5.91 Å². The smallest absolute Gasteiger partial charge is 0.289 e. The Morgan fingerprint density at radius 1 is 1.30 bits per heavy atom. The van der Waals surface area contributed by atoms with E-state index in [1.165, 1.54) is 0 Å². The molecule has 0 aliphatic carbocycles. The molecule has 2 fully saturated rings. The number of carbonyl (C=O) groups excluding carboxylic acids is 2. The third-order valence-electron chi connectivity index (χ3n) is 4.55. The van der Waals surface area contributed by atoms with Gasteiger partial charge in [-0.15, -0.1) is 0 Å². The zero-order valence-electron chi connectivity index (χ0n) is 11.8. The molecule has 5 nitrogen and oxygen atoms in total. The van der Waals surface area contributed by atoms with Gasteiger partial charge in [0.2, 0.25) is 5.91 Å². The molecule has 0 unspecified atom stereocenters. The van der Waals surface area contributed by atoms with Crippen LogP contribution in [0.25, 0.3) is 0 Å². The number of nitrogens with zero attached hydrogens (tertiary/aromatic N) is 1. The standard InChI is InChI=1S/C15H20N2O3/c1-11-3-4-12(20-11)13(18)17-9-2-5-15(7-10-17)6-8-16-14(15)19/h3-4H,2,5-10H2,1H3,(H,16,19)/t15-/m0/s1. The fraction of sp³-hybridized carbons (Fsp3) is 0.600. The highest BCUT2D eigenvalue weighted by Gasteiger charge is 2.43. The number of aryl methyl sites for hydroxylation is 1. The fourth-order valence-corrected chi connectivity index (χ4v) is 3.30. The summed E-state index contributed by atoms with van der Waals surface area (Å²) in [5.74, 6) is 1.25. The molecule has 2 amide bonds. The lowest BCUT2D eigenvalue weighted by Crippen LogP contribution is -2.35.